The molecule has 0 aliphatic heterocycles. The maximum absolute atomic E-state index is 4.93. The number of hydrogen-bond acceptors (Lipinski definition) is 1. The van der Waals surface area contributed by atoms with E-state index in [1.54, 1.807) is 12.5 Å². The first-order chi connectivity index (χ1) is 4.27. The van der Waals surface area contributed by atoms with Crippen LogP contribution in [0.4, 0.5) is 0 Å². The van der Waals surface area contributed by atoms with Gasteiger partial charge in [-0.1, -0.05) is 19.9 Å². The SMILES string of the molecule is C/C=C\O/C=C/C(C)C. The molecule has 0 aromatic carbocycles. The van der Waals surface area contributed by atoms with Gasteiger partial charge in [0.2, 0.25) is 0 Å². The van der Waals surface area contributed by atoms with Crippen LogP contribution in [0, 0.1) is 5.92 Å². The molecule has 0 aromatic heterocycles. The Labute approximate surface area is 57.0 Å². The highest BCUT2D eigenvalue weighted by atomic mass is 16.5. The third-order valence-corrected chi connectivity index (χ3v) is 0.757. The van der Waals surface area contributed by atoms with Crippen LogP contribution in [0.25, 0.3) is 0 Å². The number of rotatable bonds is 3. The molecular formula is C8H14O. The zero-order valence-corrected chi connectivity index (χ0v) is 6.29. The predicted molar refractivity (Wildman–Crippen MR) is 39.9 cm³/mol. The minimum atomic E-state index is 0.565. The average molecular weight is 126 g/mol. The molecule has 0 aromatic rings. The van der Waals surface area contributed by atoms with E-state index in [4.69, 9.17) is 4.74 Å². The van der Waals surface area contributed by atoms with E-state index in [2.05, 4.69) is 13.8 Å². The highest BCUT2D eigenvalue weighted by molar-refractivity contribution is 4.79. The minimum Gasteiger partial charge on any atom is -0.473 e. The Morgan fingerprint density at radius 1 is 1.22 bits per heavy atom. The van der Waals surface area contributed by atoms with Crippen LogP contribution in [0.5, 0.6) is 0 Å². The normalized spacial score (nSPS) is 12.0. The van der Waals surface area contributed by atoms with E-state index in [0.29, 0.717) is 5.92 Å². The van der Waals surface area contributed by atoms with Crippen molar-refractivity contribution in [3.8, 4) is 0 Å². The molecule has 9 heavy (non-hydrogen) atoms. The Morgan fingerprint density at radius 2 is 1.89 bits per heavy atom. The summed E-state index contributed by atoms with van der Waals surface area (Å²) in [4.78, 5) is 0. The monoisotopic (exact) mass is 126 g/mol. The lowest BCUT2D eigenvalue weighted by Gasteiger charge is -1.91. The van der Waals surface area contributed by atoms with Gasteiger partial charge in [-0.2, -0.15) is 0 Å². The van der Waals surface area contributed by atoms with Crippen LogP contribution in [0.15, 0.2) is 24.7 Å². The van der Waals surface area contributed by atoms with Crippen molar-refractivity contribution in [3.63, 3.8) is 0 Å². The molecule has 52 valence electrons. The first-order valence-corrected chi connectivity index (χ1v) is 3.20. The van der Waals surface area contributed by atoms with Gasteiger partial charge in [-0.15, -0.1) is 0 Å². The van der Waals surface area contributed by atoms with E-state index in [-0.39, 0.29) is 0 Å². The first kappa shape index (κ1) is 8.28. The van der Waals surface area contributed by atoms with Gasteiger partial charge in [0.15, 0.2) is 0 Å². The molecule has 0 saturated carbocycles. The van der Waals surface area contributed by atoms with Gasteiger partial charge >= 0.3 is 0 Å². The molecule has 0 atom stereocenters. The van der Waals surface area contributed by atoms with Crippen LogP contribution in [-0.4, -0.2) is 0 Å². The third-order valence-electron chi connectivity index (χ3n) is 0.757. The van der Waals surface area contributed by atoms with Crippen molar-refractivity contribution in [1.82, 2.24) is 0 Å². The van der Waals surface area contributed by atoms with E-state index in [9.17, 15) is 0 Å². The molecule has 0 spiro atoms. The second-order valence-corrected chi connectivity index (χ2v) is 2.18. The summed E-state index contributed by atoms with van der Waals surface area (Å²) in [6.07, 6.45) is 7.20. The van der Waals surface area contributed by atoms with Crippen molar-refractivity contribution >= 4 is 0 Å². The lowest BCUT2D eigenvalue weighted by molar-refractivity contribution is 0.397. The highest BCUT2D eigenvalue weighted by Gasteiger charge is 1.80. The molecule has 0 heterocycles. The summed E-state index contributed by atoms with van der Waals surface area (Å²) in [5, 5.41) is 0. The van der Waals surface area contributed by atoms with Gasteiger partial charge in [-0.05, 0) is 18.9 Å². The summed E-state index contributed by atoms with van der Waals surface area (Å²) in [6, 6.07) is 0. The summed E-state index contributed by atoms with van der Waals surface area (Å²) >= 11 is 0. The Balaban J connectivity index is 3.25. The van der Waals surface area contributed by atoms with Gasteiger partial charge in [0, 0.05) is 0 Å². The maximum atomic E-state index is 4.93. The fourth-order valence-corrected chi connectivity index (χ4v) is 0.326. The van der Waals surface area contributed by atoms with Crippen molar-refractivity contribution in [1.29, 1.82) is 0 Å². The molecular weight excluding hydrogens is 112 g/mol. The highest BCUT2D eigenvalue weighted by Crippen LogP contribution is 1.93. The lowest BCUT2D eigenvalue weighted by atomic mass is 10.2. The van der Waals surface area contributed by atoms with Crippen molar-refractivity contribution in [2.24, 2.45) is 5.92 Å². The van der Waals surface area contributed by atoms with E-state index in [1.165, 1.54) is 0 Å². The molecule has 0 aliphatic carbocycles. The van der Waals surface area contributed by atoms with Gasteiger partial charge in [-0.3, -0.25) is 0 Å². The largest absolute Gasteiger partial charge is 0.473 e. The molecule has 0 amide bonds. The standard InChI is InChI=1S/C8H14O/c1-4-6-9-7-5-8(2)3/h4-8H,1-3H3/b6-4-,7-5+. The Kier molecular flexibility index (Phi) is 4.98. The molecule has 1 heteroatoms. The van der Waals surface area contributed by atoms with Gasteiger partial charge < -0.3 is 4.74 Å². The van der Waals surface area contributed by atoms with Gasteiger partial charge in [0.1, 0.15) is 0 Å². The summed E-state index contributed by atoms with van der Waals surface area (Å²) in [5.41, 5.74) is 0. The van der Waals surface area contributed by atoms with Gasteiger partial charge in [0.05, 0.1) is 12.5 Å². The second kappa shape index (κ2) is 5.42. The van der Waals surface area contributed by atoms with Crippen molar-refractivity contribution in [3.05, 3.63) is 24.7 Å². The van der Waals surface area contributed by atoms with Gasteiger partial charge in [0.25, 0.3) is 0 Å². The summed E-state index contributed by atoms with van der Waals surface area (Å²) in [7, 11) is 0. The molecule has 0 rings (SSSR count). The smallest absolute Gasteiger partial charge is 0.0863 e. The number of hydrogen-bond donors (Lipinski definition) is 0. The number of allylic oxidation sites excluding steroid dienone is 2. The fraction of sp³-hybridized carbons (Fsp3) is 0.500. The summed E-state index contributed by atoms with van der Waals surface area (Å²) < 4.78 is 4.93. The number of ether oxygens (including phenoxy) is 1. The van der Waals surface area contributed by atoms with Crippen molar-refractivity contribution in [2.45, 2.75) is 20.8 Å². The Morgan fingerprint density at radius 3 is 2.33 bits per heavy atom. The quantitative estimate of drug-likeness (QED) is 0.528. The van der Waals surface area contributed by atoms with Crippen LogP contribution in [-0.2, 0) is 4.74 Å². The first-order valence-electron chi connectivity index (χ1n) is 3.20. The fourth-order valence-electron chi connectivity index (χ4n) is 0.326. The van der Waals surface area contributed by atoms with E-state index in [1.807, 2.05) is 19.1 Å². The molecule has 1 nitrogen and oxygen atoms in total. The van der Waals surface area contributed by atoms with Crippen LogP contribution < -0.4 is 0 Å². The van der Waals surface area contributed by atoms with Crippen LogP contribution in [0.2, 0.25) is 0 Å². The molecule has 0 N–H and O–H groups in total. The molecule has 0 bridgehead atoms. The molecule has 0 aliphatic rings. The van der Waals surface area contributed by atoms with Crippen LogP contribution in [0.3, 0.4) is 0 Å². The molecule has 0 fully saturated rings. The van der Waals surface area contributed by atoms with Crippen LogP contribution >= 0.6 is 0 Å². The van der Waals surface area contributed by atoms with E-state index >= 15 is 0 Å². The molecule has 0 saturated heterocycles. The third kappa shape index (κ3) is 7.28. The predicted octanol–water partition coefficient (Wildman–Crippen LogP) is 2.71. The van der Waals surface area contributed by atoms with Crippen LogP contribution in [0.1, 0.15) is 20.8 Å². The van der Waals surface area contributed by atoms with E-state index in [0.717, 1.165) is 0 Å². The van der Waals surface area contributed by atoms with Crippen molar-refractivity contribution < 1.29 is 4.74 Å². The zero-order valence-electron chi connectivity index (χ0n) is 6.29. The van der Waals surface area contributed by atoms with E-state index < -0.39 is 0 Å². The topological polar surface area (TPSA) is 9.23 Å². The summed E-state index contributed by atoms with van der Waals surface area (Å²) in [5.74, 6) is 0.565. The maximum Gasteiger partial charge on any atom is 0.0863 e. The second-order valence-electron chi connectivity index (χ2n) is 2.18. The van der Waals surface area contributed by atoms with Gasteiger partial charge in [-0.25, -0.2) is 0 Å². The zero-order chi connectivity index (χ0) is 7.11. The molecule has 0 unspecified atom stereocenters. The van der Waals surface area contributed by atoms with Crippen molar-refractivity contribution in [2.75, 3.05) is 0 Å². The lowest BCUT2D eigenvalue weighted by Crippen LogP contribution is -1.76. The average Bonchev–Trinajstić information content (AvgIpc) is 1.80. The minimum absolute atomic E-state index is 0.565. The Hall–Kier alpha value is -0.720. The summed E-state index contributed by atoms with van der Waals surface area (Å²) in [6.45, 7) is 6.13. The Bertz CT molecular complexity index is 101. The molecule has 0 radical (unpaired) electrons.